The molecule has 1 heterocycles. The number of hydrogen-bond donors (Lipinski definition) is 1. The number of hydrogen-bond acceptors (Lipinski definition) is 2. The SMILES string of the molecule is O=C(Nc1ccccc1C(=O)N1CCCCC1)c1cc(F)c(F)cc1Cl. The lowest BCUT2D eigenvalue weighted by atomic mass is 10.1. The fourth-order valence-electron chi connectivity index (χ4n) is 2.93. The molecule has 3 rings (SSSR count). The van der Waals surface area contributed by atoms with E-state index in [1.54, 1.807) is 29.2 Å². The Balaban J connectivity index is 1.85. The highest BCUT2D eigenvalue weighted by molar-refractivity contribution is 6.34. The van der Waals surface area contributed by atoms with Crippen molar-refractivity contribution in [2.45, 2.75) is 19.3 Å². The van der Waals surface area contributed by atoms with Gasteiger partial charge in [-0.1, -0.05) is 23.7 Å². The van der Waals surface area contributed by atoms with Crippen LogP contribution in [0.5, 0.6) is 0 Å². The maximum Gasteiger partial charge on any atom is 0.257 e. The number of anilines is 1. The quantitative estimate of drug-likeness (QED) is 0.799. The van der Waals surface area contributed by atoms with Crippen molar-refractivity contribution < 1.29 is 18.4 Å². The number of amides is 2. The Bertz CT molecular complexity index is 851. The first-order valence-electron chi connectivity index (χ1n) is 8.31. The number of benzene rings is 2. The van der Waals surface area contributed by atoms with Crippen LogP contribution in [0.15, 0.2) is 36.4 Å². The van der Waals surface area contributed by atoms with E-state index in [9.17, 15) is 18.4 Å². The summed E-state index contributed by atoms with van der Waals surface area (Å²) in [4.78, 5) is 26.9. The van der Waals surface area contributed by atoms with Gasteiger partial charge in [-0.25, -0.2) is 8.78 Å². The molecule has 0 saturated carbocycles. The van der Waals surface area contributed by atoms with Crippen LogP contribution in [0.4, 0.5) is 14.5 Å². The number of likely N-dealkylation sites (tertiary alicyclic amines) is 1. The number of nitrogens with one attached hydrogen (secondary N) is 1. The van der Waals surface area contributed by atoms with Crippen molar-refractivity contribution in [2.75, 3.05) is 18.4 Å². The van der Waals surface area contributed by atoms with Crippen molar-refractivity contribution in [1.29, 1.82) is 0 Å². The van der Waals surface area contributed by atoms with Crippen molar-refractivity contribution in [3.05, 3.63) is 64.2 Å². The summed E-state index contributed by atoms with van der Waals surface area (Å²) < 4.78 is 26.6. The zero-order valence-electron chi connectivity index (χ0n) is 13.9. The molecule has 0 bridgehead atoms. The zero-order valence-corrected chi connectivity index (χ0v) is 14.7. The molecule has 0 atom stereocenters. The van der Waals surface area contributed by atoms with Gasteiger partial charge in [-0.15, -0.1) is 0 Å². The number of piperidine rings is 1. The molecule has 0 spiro atoms. The van der Waals surface area contributed by atoms with Gasteiger partial charge in [0.1, 0.15) is 0 Å². The van der Waals surface area contributed by atoms with E-state index in [1.807, 2.05) is 0 Å². The first-order chi connectivity index (χ1) is 12.5. The third-order valence-corrected chi connectivity index (χ3v) is 4.62. The van der Waals surface area contributed by atoms with E-state index in [-0.39, 0.29) is 16.5 Å². The van der Waals surface area contributed by atoms with Crippen LogP contribution in [-0.2, 0) is 0 Å². The molecule has 136 valence electrons. The second-order valence-electron chi connectivity index (χ2n) is 6.10. The first kappa shape index (κ1) is 18.3. The minimum Gasteiger partial charge on any atom is -0.339 e. The third-order valence-electron chi connectivity index (χ3n) is 4.30. The molecule has 1 fully saturated rings. The lowest BCUT2D eigenvalue weighted by Crippen LogP contribution is -2.36. The highest BCUT2D eigenvalue weighted by Gasteiger charge is 2.22. The smallest absolute Gasteiger partial charge is 0.257 e. The molecule has 1 N–H and O–H groups in total. The van der Waals surface area contributed by atoms with Gasteiger partial charge in [0.2, 0.25) is 0 Å². The van der Waals surface area contributed by atoms with Crippen LogP contribution in [0.1, 0.15) is 40.0 Å². The summed E-state index contributed by atoms with van der Waals surface area (Å²) in [7, 11) is 0. The number of rotatable bonds is 3. The van der Waals surface area contributed by atoms with Gasteiger partial charge in [-0.2, -0.15) is 0 Å². The van der Waals surface area contributed by atoms with E-state index in [2.05, 4.69) is 5.32 Å². The lowest BCUT2D eigenvalue weighted by molar-refractivity contribution is 0.0725. The molecule has 7 heteroatoms. The second-order valence-corrected chi connectivity index (χ2v) is 6.51. The van der Waals surface area contributed by atoms with Crippen LogP contribution in [0, 0.1) is 11.6 Å². The molecule has 0 aliphatic carbocycles. The van der Waals surface area contributed by atoms with E-state index >= 15 is 0 Å². The van der Waals surface area contributed by atoms with Gasteiger partial charge in [0.25, 0.3) is 11.8 Å². The van der Waals surface area contributed by atoms with Gasteiger partial charge in [0, 0.05) is 13.1 Å². The molecule has 2 aromatic carbocycles. The van der Waals surface area contributed by atoms with Crippen molar-refractivity contribution in [3.8, 4) is 0 Å². The summed E-state index contributed by atoms with van der Waals surface area (Å²) >= 11 is 5.84. The average Bonchev–Trinajstić information content (AvgIpc) is 2.65. The summed E-state index contributed by atoms with van der Waals surface area (Å²) in [5.74, 6) is -3.19. The molecular weight excluding hydrogens is 362 g/mol. The summed E-state index contributed by atoms with van der Waals surface area (Å²) in [6.07, 6.45) is 2.99. The minimum absolute atomic E-state index is 0.169. The molecular formula is C19H17ClF2N2O2. The summed E-state index contributed by atoms with van der Waals surface area (Å²) in [6, 6.07) is 8.08. The summed E-state index contributed by atoms with van der Waals surface area (Å²) in [5.41, 5.74) is 0.445. The van der Waals surface area contributed by atoms with E-state index in [0.29, 0.717) is 24.3 Å². The molecule has 26 heavy (non-hydrogen) atoms. The Morgan fingerprint density at radius 2 is 1.62 bits per heavy atom. The van der Waals surface area contributed by atoms with E-state index in [1.165, 1.54) is 0 Å². The highest BCUT2D eigenvalue weighted by Crippen LogP contribution is 2.24. The van der Waals surface area contributed by atoms with Crippen LogP contribution >= 0.6 is 11.6 Å². The Labute approximate surface area is 154 Å². The van der Waals surface area contributed by atoms with Crippen LogP contribution in [0.2, 0.25) is 5.02 Å². The topological polar surface area (TPSA) is 49.4 Å². The van der Waals surface area contributed by atoms with Crippen LogP contribution in [0.25, 0.3) is 0 Å². The van der Waals surface area contributed by atoms with E-state index in [4.69, 9.17) is 11.6 Å². The van der Waals surface area contributed by atoms with E-state index in [0.717, 1.165) is 31.4 Å². The predicted octanol–water partition coefficient (Wildman–Crippen LogP) is 4.50. The highest BCUT2D eigenvalue weighted by atomic mass is 35.5. The molecule has 0 aromatic heterocycles. The van der Waals surface area contributed by atoms with Crippen LogP contribution < -0.4 is 5.32 Å². The first-order valence-corrected chi connectivity index (χ1v) is 8.69. The largest absolute Gasteiger partial charge is 0.339 e. The lowest BCUT2D eigenvalue weighted by Gasteiger charge is -2.27. The van der Waals surface area contributed by atoms with Gasteiger partial charge in [0.05, 0.1) is 21.8 Å². The number of carbonyl (C=O) groups is 2. The molecule has 2 aromatic rings. The second kappa shape index (κ2) is 7.83. The number of nitrogens with zero attached hydrogens (tertiary/aromatic N) is 1. The number of para-hydroxylation sites is 1. The third kappa shape index (κ3) is 3.85. The average molecular weight is 379 g/mol. The van der Waals surface area contributed by atoms with Gasteiger partial charge in [0.15, 0.2) is 11.6 Å². The molecule has 1 saturated heterocycles. The fraction of sp³-hybridized carbons (Fsp3) is 0.263. The summed E-state index contributed by atoms with van der Waals surface area (Å²) in [5, 5.41) is 2.37. The van der Waals surface area contributed by atoms with Gasteiger partial charge in [-0.3, -0.25) is 9.59 Å². The van der Waals surface area contributed by atoms with Gasteiger partial charge in [-0.05, 0) is 43.5 Å². The summed E-state index contributed by atoms with van der Waals surface area (Å²) in [6.45, 7) is 1.35. The molecule has 4 nitrogen and oxygen atoms in total. The fourth-order valence-corrected chi connectivity index (χ4v) is 3.17. The molecule has 1 aliphatic rings. The van der Waals surface area contributed by atoms with E-state index < -0.39 is 17.5 Å². The minimum atomic E-state index is -1.17. The standard InChI is InChI=1S/C19H17ClF2N2O2/c20-14-11-16(22)15(21)10-13(14)18(25)23-17-7-3-2-6-12(17)19(26)24-8-4-1-5-9-24/h2-3,6-7,10-11H,1,4-5,8-9H2,(H,23,25). The molecule has 0 radical (unpaired) electrons. The molecule has 1 aliphatic heterocycles. The monoisotopic (exact) mass is 378 g/mol. The predicted molar refractivity (Wildman–Crippen MR) is 95.5 cm³/mol. The van der Waals surface area contributed by atoms with Gasteiger partial charge < -0.3 is 10.2 Å². The van der Waals surface area contributed by atoms with Crippen LogP contribution in [0.3, 0.4) is 0 Å². The molecule has 2 amide bonds. The zero-order chi connectivity index (χ0) is 18.7. The number of carbonyl (C=O) groups excluding carboxylic acids is 2. The Kier molecular flexibility index (Phi) is 5.52. The Morgan fingerprint density at radius 3 is 2.35 bits per heavy atom. The maximum atomic E-state index is 13.4. The van der Waals surface area contributed by atoms with Crippen molar-refractivity contribution >= 4 is 29.1 Å². The maximum absolute atomic E-state index is 13.4. The van der Waals surface area contributed by atoms with Crippen molar-refractivity contribution in [1.82, 2.24) is 4.90 Å². The van der Waals surface area contributed by atoms with Crippen molar-refractivity contribution in [3.63, 3.8) is 0 Å². The number of halogens is 3. The van der Waals surface area contributed by atoms with Gasteiger partial charge >= 0.3 is 0 Å². The normalized spacial score (nSPS) is 14.2. The van der Waals surface area contributed by atoms with Crippen LogP contribution in [-0.4, -0.2) is 29.8 Å². The van der Waals surface area contributed by atoms with Crippen molar-refractivity contribution in [2.24, 2.45) is 0 Å². The Hall–Kier alpha value is -2.47. The molecule has 0 unspecified atom stereocenters. The Morgan fingerprint density at radius 1 is 0.962 bits per heavy atom.